The molecule has 0 aliphatic rings. The summed E-state index contributed by atoms with van der Waals surface area (Å²) in [6, 6.07) is 12.0. The summed E-state index contributed by atoms with van der Waals surface area (Å²) in [5.41, 5.74) is 0.934. The molecular formula is C18H16F3NO4. The number of benzene rings is 2. The van der Waals surface area contributed by atoms with Crippen molar-refractivity contribution in [2.45, 2.75) is 6.36 Å². The first-order valence-corrected chi connectivity index (χ1v) is 7.42. The predicted octanol–water partition coefficient (Wildman–Crippen LogP) is 4.22. The maximum absolute atomic E-state index is 12.2. The van der Waals surface area contributed by atoms with Crippen LogP contribution in [-0.2, 0) is 9.53 Å². The van der Waals surface area contributed by atoms with Crippen LogP contribution in [0.15, 0.2) is 54.6 Å². The maximum atomic E-state index is 12.2. The van der Waals surface area contributed by atoms with Gasteiger partial charge in [-0.25, -0.2) is 0 Å². The minimum absolute atomic E-state index is 0.134. The van der Waals surface area contributed by atoms with E-state index >= 15 is 0 Å². The average molecular weight is 367 g/mol. The molecule has 0 bridgehead atoms. The molecule has 5 nitrogen and oxygen atoms in total. The second-order valence-electron chi connectivity index (χ2n) is 5.02. The molecule has 0 aliphatic heterocycles. The topological polar surface area (TPSA) is 56.8 Å². The van der Waals surface area contributed by atoms with Gasteiger partial charge in [-0.2, -0.15) is 0 Å². The van der Waals surface area contributed by atoms with E-state index in [-0.39, 0.29) is 12.5 Å². The molecule has 0 spiro atoms. The third-order valence-corrected chi connectivity index (χ3v) is 2.99. The lowest BCUT2D eigenvalue weighted by Crippen LogP contribution is -2.17. The van der Waals surface area contributed by atoms with Crippen molar-refractivity contribution in [3.05, 3.63) is 60.2 Å². The third kappa shape index (κ3) is 6.86. The van der Waals surface area contributed by atoms with Crippen LogP contribution in [0.3, 0.4) is 0 Å². The Morgan fingerprint density at radius 3 is 2.50 bits per heavy atom. The molecule has 2 aromatic carbocycles. The van der Waals surface area contributed by atoms with Gasteiger partial charge in [-0.1, -0.05) is 18.2 Å². The zero-order valence-electron chi connectivity index (χ0n) is 13.7. The van der Waals surface area contributed by atoms with Crippen molar-refractivity contribution in [3.8, 4) is 11.5 Å². The van der Waals surface area contributed by atoms with Gasteiger partial charge < -0.3 is 19.5 Å². The summed E-state index contributed by atoms with van der Waals surface area (Å²) >= 11 is 0. The minimum Gasteiger partial charge on any atom is -0.468 e. The molecule has 138 valence electrons. The van der Waals surface area contributed by atoms with Crippen LogP contribution in [0.2, 0.25) is 0 Å². The number of hydrogen-bond acceptors (Lipinski definition) is 4. The van der Waals surface area contributed by atoms with E-state index in [0.29, 0.717) is 5.75 Å². The molecule has 0 fully saturated rings. The number of anilines is 1. The van der Waals surface area contributed by atoms with Gasteiger partial charge in [0.15, 0.2) is 6.79 Å². The highest BCUT2D eigenvalue weighted by Gasteiger charge is 2.31. The molecule has 0 radical (unpaired) electrons. The predicted molar refractivity (Wildman–Crippen MR) is 89.7 cm³/mol. The zero-order chi connectivity index (χ0) is 19.0. The first kappa shape index (κ1) is 19.3. The summed E-state index contributed by atoms with van der Waals surface area (Å²) in [4.78, 5) is 11.9. The fraction of sp³-hybridized carbons (Fsp3) is 0.167. The summed E-state index contributed by atoms with van der Waals surface area (Å²) in [5, 5.41) is 2.46. The molecule has 0 atom stereocenters. The quantitative estimate of drug-likeness (QED) is 0.588. The van der Waals surface area contributed by atoms with Gasteiger partial charge in [-0.05, 0) is 35.9 Å². The van der Waals surface area contributed by atoms with Crippen molar-refractivity contribution in [1.82, 2.24) is 0 Å². The number of hydrogen-bond donors (Lipinski definition) is 1. The summed E-state index contributed by atoms with van der Waals surface area (Å²) in [6.45, 7) is 0.134. The van der Waals surface area contributed by atoms with E-state index in [2.05, 4.69) is 10.1 Å². The van der Waals surface area contributed by atoms with Crippen molar-refractivity contribution >= 4 is 17.7 Å². The van der Waals surface area contributed by atoms with Crippen LogP contribution < -0.4 is 14.8 Å². The third-order valence-electron chi connectivity index (χ3n) is 2.99. The smallest absolute Gasteiger partial charge is 0.468 e. The number of methoxy groups -OCH3 is 1. The van der Waals surface area contributed by atoms with Gasteiger partial charge in [-0.3, -0.25) is 4.79 Å². The number of alkyl halides is 3. The van der Waals surface area contributed by atoms with Crippen LogP contribution in [0, 0.1) is 0 Å². The highest BCUT2D eigenvalue weighted by Crippen LogP contribution is 2.25. The molecule has 8 heteroatoms. The van der Waals surface area contributed by atoms with E-state index in [1.807, 2.05) is 0 Å². The van der Waals surface area contributed by atoms with Crippen molar-refractivity contribution in [1.29, 1.82) is 0 Å². The van der Waals surface area contributed by atoms with Gasteiger partial charge in [0.25, 0.3) is 0 Å². The Bertz CT molecular complexity index is 758. The summed E-state index contributed by atoms with van der Waals surface area (Å²) in [7, 11) is 1.51. The normalized spacial score (nSPS) is 11.4. The summed E-state index contributed by atoms with van der Waals surface area (Å²) in [6.07, 6.45) is -1.96. The molecule has 0 saturated heterocycles. The fourth-order valence-corrected chi connectivity index (χ4v) is 1.93. The van der Waals surface area contributed by atoms with Crippen LogP contribution in [0.5, 0.6) is 11.5 Å². The molecule has 0 saturated carbocycles. The number of rotatable bonds is 7. The Balaban J connectivity index is 1.93. The van der Waals surface area contributed by atoms with Gasteiger partial charge in [0, 0.05) is 24.9 Å². The Hall–Kier alpha value is -3.00. The molecule has 0 unspecified atom stereocenters. The zero-order valence-corrected chi connectivity index (χ0v) is 13.7. The highest BCUT2D eigenvalue weighted by atomic mass is 19.4. The fourth-order valence-electron chi connectivity index (χ4n) is 1.93. The van der Waals surface area contributed by atoms with E-state index in [0.717, 1.165) is 17.7 Å². The molecule has 0 heterocycles. The number of halogens is 3. The van der Waals surface area contributed by atoms with Crippen molar-refractivity contribution in [2.24, 2.45) is 0 Å². The number of carbonyl (C=O) groups excluding carboxylic acids is 1. The second-order valence-corrected chi connectivity index (χ2v) is 5.02. The first-order valence-electron chi connectivity index (χ1n) is 7.42. The van der Waals surface area contributed by atoms with E-state index < -0.39 is 18.0 Å². The molecule has 0 aliphatic carbocycles. The van der Waals surface area contributed by atoms with Gasteiger partial charge in [0.1, 0.15) is 11.5 Å². The van der Waals surface area contributed by atoms with Gasteiger partial charge in [-0.15, -0.1) is 13.2 Å². The SMILES string of the molecule is COCOc1ccc(/C=C/C(=O)Nc2cccc(OC(F)(F)F)c2)cc1. The van der Waals surface area contributed by atoms with Crippen molar-refractivity contribution in [3.63, 3.8) is 0 Å². The second kappa shape index (κ2) is 8.91. The Morgan fingerprint density at radius 2 is 1.85 bits per heavy atom. The van der Waals surface area contributed by atoms with Gasteiger partial charge >= 0.3 is 6.36 Å². The van der Waals surface area contributed by atoms with Gasteiger partial charge in [0.05, 0.1) is 0 Å². The van der Waals surface area contributed by atoms with Crippen LogP contribution >= 0.6 is 0 Å². The summed E-state index contributed by atoms with van der Waals surface area (Å²) < 4.78 is 50.4. The lowest BCUT2D eigenvalue weighted by Gasteiger charge is -2.10. The molecule has 26 heavy (non-hydrogen) atoms. The molecular weight excluding hydrogens is 351 g/mol. The molecule has 1 N–H and O–H groups in total. The monoisotopic (exact) mass is 367 g/mol. The average Bonchev–Trinajstić information content (AvgIpc) is 2.58. The number of ether oxygens (including phenoxy) is 3. The van der Waals surface area contributed by atoms with Crippen molar-refractivity contribution < 1.29 is 32.2 Å². The Morgan fingerprint density at radius 1 is 1.12 bits per heavy atom. The van der Waals surface area contributed by atoms with Crippen LogP contribution in [0.1, 0.15) is 5.56 Å². The molecule has 2 rings (SSSR count). The number of nitrogens with one attached hydrogen (secondary N) is 1. The van der Waals surface area contributed by atoms with Gasteiger partial charge in [0.2, 0.25) is 5.91 Å². The number of amides is 1. The van der Waals surface area contributed by atoms with E-state index in [1.54, 1.807) is 30.3 Å². The van der Waals surface area contributed by atoms with E-state index in [4.69, 9.17) is 9.47 Å². The lowest BCUT2D eigenvalue weighted by atomic mass is 10.2. The Labute approximate surface area is 148 Å². The first-order chi connectivity index (χ1) is 12.4. The standard InChI is InChI=1S/C18H16F3NO4/c1-24-12-25-15-8-5-13(6-9-15)7-10-17(23)22-14-3-2-4-16(11-14)26-18(19,20)21/h2-11H,12H2,1H3,(H,22,23)/b10-7+. The van der Waals surface area contributed by atoms with Crippen LogP contribution in [0.25, 0.3) is 6.08 Å². The number of carbonyl (C=O) groups is 1. The van der Waals surface area contributed by atoms with Crippen LogP contribution in [0.4, 0.5) is 18.9 Å². The Kier molecular flexibility index (Phi) is 6.62. The highest BCUT2D eigenvalue weighted by molar-refractivity contribution is 6.02. The van der Waals surface area contributed by atoms with E-state index in [9.17, 15) is 18.0 Å². The minimum atomic E-state index is -4.79. The summed E-state index contributed by atoms with van der Waals surface area (Å²) in [5.74, 6) is -0.283. The van der Waals surface area contributed by atoms with Crippen molar-refractivity contribution in [2.75, 3.05) is 19.2 Å². The van der Waals surface area contributed by atoms with Crippen LogP contribution in [-0.4, -0.2) is 26.2 Å². The maximum Gasteiger partial charge on any atom is 0.573 e. The molecule has 2 aromatic rings. The van der Waals surface area contributed by atoms with E-state index in [1.165, 1.54) is 25.3 Å². The largest absolute Gasteiger partial charge is 0.573 e. The molecule has 0 aromatic heterocycles. The molecule has 1 amide bonds. The lowest BCUT2D eigenvalue weighted by molar-refractivity contribution is -0.274.